The average molecular weight is 582 g/mol. The number of hydrogen-bond acceptors (Lipinski definition) is 11. The predicted molar refractivity (Wildman–Crippen MR) is 139 cm³/mol. The number of nitrogens with zero attached hydrogens (tertiary/aromatic N) is 5. The molecule has 0 amide bonds. The molecule has 17 heteroatoms. The zero-order valence-corrected chi connectivity index (χ0v) is 21.9. The van der Waals surface area contributed by atoms with Crippen LogP contribution in [0.5, 0.6) is 0 Å². The molecule has 0 bridgehead atoms. The summed E-state index contributed by atoms with van der Waals surface area (Å²) in [7, 11) is 0. The van der Waals surface area contributed by atoms with Gasteiger partial charge in [0.1, 0.15) is 36.2 Å². The highest BCUT2D eigenvalue weighted by Crippen LogP contribution is 2.63. The Morgan fingerprint density at radius 3 is 2.87 bits per heavy atom. The number of aliphatic hydroxyl groups is 2. The molecule has 0 spiro atoms. The Morgan fingerprint density at radius 2 is 2.08 bits per heavy atom. The lowest BCUT2D eigenvalue weighted by molar-refractivity contribution is -0.0412. The first-order valence-electron chi connectivity index (χ1n) is 12.0. The van der Waals surface area contributed by atoms with Crippen molar-refractivity contribution in [1.29, 1.82) is 0 Å². The SMILES string of the molecule is Nc1ncnc2c1ccn2[C@@H]1O[C@H](COP(=O)(S)[C@@H]2C[C@@H](CO)O[C@H]2n2cnc3c(=O)[nH]ccc32)[C@@H](O)[C@@H]1F. The first-order valence-corrected chi connectivity index (χ1v) is 14.9. The normalized spacial score (nSPS) is 30.8. The maximum Gasteiger partial charge on any atom is 0.276 e. The third kappa shape index (κ3) is 4.45. The number of thiol groups is 1. The van der Waals surface area contributed by atoms with E-state index in [0.29, 0.717) is 16.6 Å². The highest BCUT2D eigenvalue weighted by Gasteiger charge is 2.50. The van der Waals surface area contributed by atoms with E-state index in [1.165, 1.54) is 34.2 Å². The van der Waals surface area contributed by atoms with E-state index in [9.17, 15) is 19.6 Å². The molecule has 0 aliphatic carbocycles. The second kappa shape index (κ2) is 9.96. The number of halogens is 1. The number of nitrogens with one attached hydrogen (secondary N) is 1. The van der Waals surface area contributed by atoms with Crippen LogP contribution >= 0.6 is 18.8 Å². The van der Waals surface area contributed by atoms with Gasteiger partial charge in [0.2, 0.25) is 0 Å². The maximum atomic E-state index is 15.2. The summed E-state index contributed by atoms with van der Waals surface area (Å²) in [4.78, 5) is 26.8. The molecular formula is C22H25FN7O7PS. The summed E-state index contributed by atoms with van der Waals surface area (Å²) in [6.45, 7) is -4.62. The summed E-state index contributed by atoms with van der Waals surface area (Å²) in [5.74, 6) is 0.216. The summed E-state index contributed by atoms with van der Waals surface area (Å²) >= 11 is 4.34. The first-order chi connectivity index (χ1) is 18.7. The second-order valence-electron chi connectivity index (χ2n) is 9.41. The van der Waals surface area contributed by atoms with E-state index in [2.05, 4.69) is 32.2 Å². The smallest absolute Gasteiger partial charge is 0.276 e. The number of hydrogen-bond donors (Lipinski definition) is 5. The van der Waals surface area contributed by atoms with Crippen molar-refractivity contribution < 1.29 is 33.2 Å². The molecule has 6 heterocycles. The van der Waals surface area contributed by atoms with Crippen molar-refractivity contribution in [3.05, 3.63) is 47.5 Å². The van der Waals surface area contributed by atoms with Crippen molar-refractivity contribution in [3.8, 4) is 0 Å². The van der Waals surface area contributed by atoms with Crippen molar-refractivity contribution >= 4 is 46.7 Å². The van der Waals surface area contributed by atoms with E-state index in [1.54, 1.807) is 12.1 Å². The molecule has 2 fully saturated rings. The van der Waals surface area contributed by atoms with Gasteiger partial charge in [0.25, 0.3) is 12.1 Å². The van der Waals surface area contributed by atoms with Crippen LogP contribution in [0.4, 0.5) is 10.2 Å². The van der Waals surface area contributed by atoms with Gasteiger partial charge in [-0.25, -0.2) is 19.3 Å². The van der Waals surface area contributed by atoms with Gasteiger partial charge < -0.3 is 44.1 Å². The number of alkyl halides is 1. The molecule has 0 radical (unpaired) electrons. The molecule has 0 aromatic carbocycles. The van der Waals surface area contributed by atoms with E-state index in [1.807, 2.05) is 0 Å². The maximum absolute atomic E-state index is 15.2. The molecule has 14 nitrogen and oxygen atoms in total. The third-order valence-electron chi connectivity index (χ3n) is 7.10. The van der Waals surface area contributed by atoms with Crippen molar-refractivity contribution in [1.82, 2.24) is 29.1 Å². The van der Waals surface area contributed by atoms with Gasteiger partial charge in [-0.05, 0) is 18.6 Å². The number of aromatic nitrogens is 6. The lowest BCUT2D eigenvalue weighted by atomic mass is 10.1. The minimum Gasteiger partial charge on any atom is -0.394 e. The van der Waals surface area contributed by atoms with Crippen molar-refractivity contribution in [2.24, 2.45) is 0 Å². The van der Waals surface area contributed by atoms with Crippen LogP contribution in [0.1, 0.15) is 18.9 Å². The summed E-state index contributed by atoms with van der Waals surface area (Å²) in [6.07, 6.45) is -1.73. The Morgan fingerprint density at radius 1 is 1.26 bits per heavy atom. The van der Waals surface area contributed by atoms with Crippen molar-refractivity contribution in [2.75, 3.05) is 18.9 Å². The van der Waals surface area contributed by atoms with E-state index in [4.69, 9.17) is 19.7 Å². The van der Waals surface area contributed by atoms with Crippen LogP contribution in [-0.2, 0) is 18.6 Å². The number of anilines is 1. The van der Waals surface area contributed by atoms with Gasteiger partial charge in [0.15, 0.2) is 17.9 Å². The number of H-pyrrole nitrogens is 1. The quantitative estimate of drug-likeness (QED) is 0.155. The third-order valence-corrected chi connectivity index (χ3v) is 10.2. The lowest BCUT2D eigenvalue weighted by Gasteiger charge is -2.26. The summed E-state index contributed by atoms with van der Waals surface area (Å²) in [5.41, 5.74) is 5.52. The van der Waals surface area contributed by atoms with E-state index in [0.717, 1.165) is 0 Å². The number of aliphatic hydroxyl groups excluding tert-OH is 2. The Bertz CT molecular complexity index is 1630. The highest BCUT2D eigenvalue weighted by atomic mass is 32.7. The first kappa shape index (κ1) is 26.4. The number of nitrogens with two attached hydrogens (primary N) is 1. The second-order valence-corrected chi connectivity index (χ2v) is 13.1. The van der Waals surface area contributed by atoms with Crippen LogP contribution in [0, 0.1) is 0 Å². The van der Waals surface area contributed by atoms with Crippen LogP contribution in [-0.4, -0.2) is 82.6 Å². The Balaban J connectivity index is 1.21. The van der Waals surface area contributed by atoms with Crippen molar-refractivity contribution in [2.45, 2.75) is 49.0 Å². The van der Waals surface area contributed by atoms with Crippen LogP contribution in [0.25, 0.3) is 22.1 Å². The van der Waals surface area contributed by atoms with Gasteiger partial charge in [-0.2, -0.15) is 0 Å². The standard InChI is InChI=1S/C22H25FN7O7PS/c23-15-17(32)13(37-22(15)29-4-2-11-18(24)26-8-27-19(11)29)7-35-38(34,39)14-5-10(6-31)36-21(14)30-9-28-16-12(30)1-3-25-20(16)33/h1-4,8-10,13-15,17,21-22,31-32H,5-7H2,(H,25,33)(H,34,39)(H2,24,26,27)/t10-,13+,14+,15-,17+,21+,22+,38?/m0/s1. The fourth-order valence-corrected chi connectivity index (χ4v) is 7.52. The zero-order chi connectivity index (χ0) is 27.5. The van der Waals surface area contributed by atoms with Gasteiger partial charge in [0, 0.05) is 12.4 Å². The van der Waals surface area contributed by atoms with Gasteiger partial charge >= 0.3 is 0 Å². The number of imidazole rings is 1. The molecule has 39 heavy (non-hydrogen) atoms. The molecule has 2 aliphatic rings. The number of pyridine rings is 1. The number of aromatic amines is 1. The molecule has 2 saturated heterocycles. The predicted octanol–water partition coefficient (Wildman–Crippen LogP) is 1.14. The minimum absolute atomic E-state index is 0.129. The number of rotatable bonds is 7. The van der Waals surface area contributed by atoms with E-state index >= 15 is 4.39 Å². The van der Waals surface area contributed by atoms with Gasteiger partial charge in [-0.1, -0.05) is 12.2 Å². The fourth-order valence-electron chi connectivity index (χ4n) is 5.11. The largest absolute Gasteiger partial charge is 0.394 e. The number of nitrogen functional groups attached to an aromatic ring is 1. The minimum atomic E-state index is -3.84. The molecule has 8 atom stereocenters. The Labute approximate surface area is 224 Å². The van der Waals surface area contributed by atoms with Crippen LogP contribution < -0.4 is 11.3 Å². The topological polar surface area (TPSA) is 193 Å². The molecule has 4 aromatic rings. The molecule has 208 valence electrons. The molecule has 1 unspecified atom stereocenters. The van der Waals surface area contributed by atoms with Crippen LogP contribution in [0.15, 0.2) is 42.0 Å². The summed E-state index contributed by atoms with van der Waals surface area (Å²) in [5, 5.41) is 20.8. The lowest BCUT2D eigenvalue weighted by Crippen LogP contribution is -2.31. The molecule has 6 rings (SSSR count). The summed E-state index contributed by atoms with van der Waals surface area (Å²) < 4.78 is 49.3. The zero-order valence-electron chi connectivity index (χ0n) is 20.1. The molecular weight excluding hydrogens is 556 g/mol. The summed E-state index contributed by atoms with van der Waals surface area (Å²) in [6, 6.07) is 3.23. The average Bonchev–Trinajstić information content (AvgIpc) is 3.69. The molecule has 0 saturated carbocycles. The van der Waals surface area contributed by atoms with Gasteiger partial charge in [-0.3, -0.25) is 9.36 Å². The molecule has 4 aromatic heterocycles. The van der Waals surface area contributed by atoms with Crippen LogP contribution in [0.2, 0.25) is 0 Å². The molecule has 2 aliphatic heterocycles. The fraction of sp³-hybridized carbons (Fsp3) is 0.455. The van der Waals surface area contributed by atoms with Crippen LogP contribution in [0.3, 0.4) is 0 Å². The van der Waals surface area contributed by atoms with E-state index < -0.39 is 61.3 Å². The number of ether oxygens (including phenoxy) is 2. The number of fused-ring (bicyclic) bond motifs is 2. The monoisotopic (exact) mass is 581 g/mol. The highest BCUT2D eigenvalue weighted by molar-refractivity contribution is 8.46. The van der Waals surface area contributed by atoms with E-state index in [-0.39, 0.29) is 24.4 Å². The van der Waals surface area contributed by atoms with Gasteiger partial charge in [-0.15, -0.1) is 0 Å². The van der Waals surface area contributed by atoms with Gasteiger partial charge in [0.05, 0.1) is 42.2 Å². The Hall–Kier alpha value is -2.85. The van der Waals surface area contributed by atoms with Crippen molar-refractivity contribution in [3.63, 3.8) is 0 Å². The Kier molecular flexibility index (Phi) is 6.74. The molecule has 5 N–H and O–H groups in total.